The average molecular weight is 209 g/mol. The first kappa shape index (κ1) is 9.43. The van der Waals surface area contributed by atoms with Gasteiger partial charge in [-0.15, -0.1) is 11.3 Å². The maximum atomic E-state index is 9.28. The minimum Gasteiger partial charge on any atom is -0.469 e. The highest BCUT2D eigenvalue weighted by molar-refractivity contribution is 7.09. The summed E-state index contributed by atoms with van der Waals surface area (Å²) in [4.78, 5) is 4.29. The molecule has 2 rings (SSSR count). The van der Waals surface area contributed by atoms with Crippen LogP contribution < -0.4 is 0 Å². The fourth-order valence-electron chi connectivity index (χ4n) is 1.16. The van der Waals surface area contributed by atoms with Gasteiger partial charge in [0, 0.05) is 5.38 Å². The first-order valence-corrected chi connectivity index (χ1v) is 5.28. The summed E-state index contributed by atoms with van der Waals surface area (Å²) < 4.78 is 5.21. The molecule has 0 saturated heterocycles. The van der Waals surface area contributed by atoms with Crippen molar-refractivity contribution < 1.29 is 9.52 Å². The van der Waals surface area contributed by atoms with Gasteiger partial charge in [0.2, 0.25) is 0 Å². The van der Waals surface area contributed by atoms with Gasteiger partial charge in [-0.2, -0.15) is 0 Å². The minimum atomic E-state index is -0.489. The van der Waals surface area contributed by atoms with Gasteiger partial charge >= 0.3 is 0 Å². The molecule has 2 aromatic rings. The van der Waals surface area contributed by atoms with Gasteiger partial charge in [-0.25, -0.2) is 4.98 Å². The molecule has 1 atom stereocenters. The van der Waals surface area contributed by atoms with Crippen molar-refractivity contribution in [2.75, 3.05) is 0 Å². The SMILES string of the molecule is CC(O)c1csc(Cc2ccco2)n1. The second-order valence-electron chi connectivity index (χ2n) is 3.10. The third-order valence-corrected chi connectivity index (χ3v) is 2.77. The highest BCUT2D eigenvalue weighted by Gasteiger charge is 2.08. The third-order valence-electron chi connectivity index (χ3n) is 1.90. The van der Waals surface area contributed by atoms with Crippen LogP contribution in [0.5, 0.6) is 0 Å². The van der Waals surface area contributed by atoms with Crippen molar-refractivity contribution in [1.29, 1.82) is 0 Å². The van der Waals surface area contributed by atoms with E-state index in [9.17, 15) is 5.11 Å². The van der Waals surface area contributed by atoms with Crippen LogP contribution in [0.4, 0.5) is 0 Å². The quantitative estimate of drug-likeness (QED) is 0.844. The van der Waals surface area contributed by atoms with Gasteiger partial charge in [0.05, 0.1) is 24.5 Å². The molecule has 2 heterocycles. The molecule has 0 aromatic carbocycles. The largest absolute Gasteiger partial charge is 0.469 e. The summed E-state index contributed by atoms with van der Waals surface area (Å²) in [6.45, 7) is 1.71. The number of hydrogen-bond acceptors (Lipinski definition) is 4. The fraction of sp³-hybridized carbons (Fsp3) is 0.300. The van der Waals surface area contributed by atoms with Gasteiger partial charge in [0.1, 0.15) is 10.8 Å². The Morgan fingerprint density at radius 1 is 1.64 bits per heavy atom. The molecule has 1 unspecified atom stereocenters. The van der Waals surface area contributed by atoms with Crippen molar-refractivity contribution in [3.63, 3.8) is 0 Å². The molecule has 0 saturated carbocycles. The summed E-state index contributed by atoms with van der Waals surface area (Å²) >= 11 is 1.54. The van der Waals surface area contributed by atoms with E-state index in [1.54, 1.807) is 24.5 Å². The molecular formula is C10H11NO2S. The van der Waals surface area contributed by atoms with Gasteiger partial charge in [-0.3, -0.25) is 0 Å². The van der Waals surface area contributed by atoms with Crippen molar-refractivity contribution >= 4 is 11.3 Å². The van der Waals surface area contributed by atoms with Crippen molar-refractivity contribution in [2.45, 2.75) is 19.4 Å². The van der Waals surface area contributed by atoms with Gasteiger partial charge in [-0.1, -0.05) is 0 Å². The predicted octanol–water partition coefficient (Wildman–Crippen LogP) is 2.38. The van der Waals surface area contributed by atoms with Crippen molar-refractivity contribution in [3.8, 4) is 0 Å². The van der Waals surface area contributed by atoms with Crippen LogP contribution in [0.15, 0.2) is 28.2 Å². The number of thiazole rings is 1. The summed E-state index contributed by atoms with van der Waals surface area (Å²) in [5.74, 6) is 0.900. The van der Waals surface area contributed by atoms with Crippen LogP contribution in [0.25, 0.3) is 0 Å². The molecule has 0 aliphatic heterocycles. The Bertz CT molecular complexity index is 392. The summed E-state index contributed by atoms with van der Waals surface area (Å²) in [6.07, 6.45) is 1.86. The zero-order chi connectivity index (χ0) is 9.97. The van der Waals surface area contributed by atoms with E-state index >= 15 is 0 Å². The van der Waals surface area contributed by atoms with E-state index in [1.807, 2.05) is 17.5 Å². The standard InChI is InChI=1S/C10H11NO2S/c1-7(12)9-6-14-10(11-9)5-8-3-2-4-13-8/h2-4,6-7,12H,5H2,1H3. The summed E-state index contributed by atoms with van der Waals surface area (Å²) in [7, 11) is 0. The normalized spacial score (nSPS) is 13.0. The summed E-state index contributed by atoms with van der Waals surface area (Å²) in [6, 6.07) is 3.78. The van der Waals surface area contributed by atoms with Gasteiger partial charge in [-0.05, 0) is 19.1 Å². The minimum absolute atomic E-state index is 0.489. The monoisotopic (exact) mass is 209 g/mol. The number of aliphatic hydroxyl groups excluding tert-OH is 1. The Kier molecular flexibility index (Phi) is 2.65. The number of aromatic nitrogens is 1. The topological polar surface area (TPSA) is 46.3 Å². The van der Waals surface area contributed by atoms with E-state index in [2.05, 4.69) is 4.98 Å². The molecule has 0 fully saturated rings. The first-order valence-electron chi connectivity index (χ1n) is 4.40. The Morgan fingerprint density at radius 2 is 2.50 bits per heavy atom. The van der Waals surface area contributed by atoms with Crippen LogP contribution in [0.2, 0.25) is 0 Å². The number of aliphatic hydroxyl groups is 1. The molecule has 74 valence electrons. The first-order chi connectivity index (χ1) is 6.75. The summed E-state index contributed by atoms with van der Waals surface area (Å²) in [5.41, 5.74) is 0.733. The third kappa shape index (κ3) is 2.02. The van der Waals surface area contributed by atoms with Crippen molar-refractivity contribution in [1.82, 2.24) is 4.98 Å². The average Bonchev–Trinajstić information content (AvgIpc) is 2.75. The van der Waals surface area contributed by atoms with E-state index in [0.29, 0.717) is 6.42 Å². The van der Waals surface area contributed by atoms with E-state index in [0.717, 1.165) is 16.5 Å². The molecule has 2 aromatic heterocycles. The van der Waals surface area contributed by atoms with Gasteiger partial charge in [0.25, 0.3) is 0 Å². The lowest BCUT2D eigenvalue weighted by Crippen LogP contribution is -1.92. The fourth-order valence-corrected chi connectivity index (χ4v) is 2.05. The molecule has 0 amide bonds. The molecule has 4 heteroatoms. The molecular weight excluding hydrogens is 198 g/mol. The van der Waals surface area contributed by atoms with Crippen LogP contribution in [-0.2, 0) is 6.42 Å². The smallest absolute Gasteiger partial charge is 0.110 e. The number of hydrogen-bond donors (Lipinski definition) is 1. The highest BCUT2D eigenvalue weighted by Crippen LogP contribution is 2.18. The van der Waals surface area contributed by atoms with Crippen LogP contribution in [0.1, 0.15) is 29.5 Å². The van der Waals surface area contributed by atoms with Crippen LogP contribution in [-0.4, -0.2) is 10.1 Å². The predicted molar refractivity (Wildman–Crippen MR) is 54.3 cm³/mol. The maximum absolute atomic E-state index is 9.28. The Labute approximate surface area is 86.0 Å². The van der Waals surface area contributed by atoms with Gasteiger partial charge < -0.3 is 9.52 Å². The molecule has 3 nitrogen and oxygen atoms in total. The number of furan rings is 1. The Morgan fingerprint density at radius 3 is 3.07 bits per heavy atom. The molecule has 0 aliphatic rings. The van der Waals surface area contributed by atoms with Crippen LogP contribution >= 0.6 is 11.3 Å². The Balaban J connectivity index is 2.11. The molecule has 0 radical (unpaired) electrons. The van der Waals surface area contributed by atoms with Gasteiger partial charge in [0.15, 0.2) is 0 Å². The van der Waals surface area contributed by atoms with E-state index in [-0.39, 0.29) is 0 Å². The highest BCUT2D eigenvalue weighted by atomic mass is 32.1. The molecule has 14 heavy (non-hydrogen) atoms. The van der Waals surface area contributed by atoms with Crippen LogP contribution in [0, 0.1) is 0 Å². The second-order valence-corrected chi connectivity index (χ2v) is 4.04. The number of rotatable bonds is 3. The van der Waals surface area contributed by atoms with Crippen molar-refractivity contribution in [3.05, 3.63) is 40.2 Å². The second kappa shape index (κ2) is 3.94. The zero-order valence-corrected chi connectivity index (χ0v) is 8.62. The summed E-state index contributed by atoms with van der Waals surface area (Å²) in [5, 5.41) is 12.1. The van der Waals surface area contributed by atoms with E-state index in [4.69, 9.17) is 4.42 Å². The van der Waals surface area contributed by atoms with E-state index in [1.165, 1.54) is 0 Å². The number of nitrogens with zero attached hydrogens (tertiary/aromatic N) is 1. The lowest BCUT2D eigenvalue weighted by Gasteiger charge is -1.96. The molecule has 0 bridgehead atoms. The van der Waals surface area contributed by atoms with E-state index < -0.39 is 6.10 Å². The zero-order valence-electron chi connectivity index (χ0n) is 7.80. The lowest BCUT2D eigenvalue weighted by atomic mass is 10.3. The molecule has 0 aliphatic carbocycles. The molecule has 0 spiro atoms. The van der Waals surface area contributed by atoms with Crippen LogP contribution in [0.3, 0.4) is 0 Å². The Hall–Kier alpha value is -1.13. The van der Waals surface area contributed by atoms with Crippen molar-refractivity contribution in [2.24, 2.45) is 0 Å². The lowest BCUT2D eigenvalue weighted by molar-refractivity contribution is 0.195. The molecule has 1 N–H and O–H groups in total. The maximum Gasteiger partial charge on any atom is 0.110 e.